The standard InChI is InChI=1S/C15H25ClN4O4S/c1-4-5-25-14-19-12(16)9(17)13(20-14)18-10-8(24-15(2,3)23)6-7(21)11(10)22/h7-8,10-11,21-23H,4-6,17H2,1-3H3,(H,18,19,20)/t7?,8-,10?,11+/m1/s1. The normalized spacial score (nSPS) is 26.8. The molecule has 1 saturated carbocycles. The number of aliphatic hydroxyl groups is 3. The molecule has 0 aliphatic heterocycles. The van der Waals surface area contributed by atoms with E-state index in [0.29, 0.717) is 5.16 Å². The van der Waals surface area contributed by atoms with Crippen molar-refractivity contribution >= 4 is 34.9 Å². The Balaban J connectivity index is 2.24. The van der Waals surface area contributed by atoms with Crippen LogP contribution in [0.3, 0.4) is 0 Å². The molecule has 0 radical (unpaired) electrons. The van der Waals surface area contributed by atoms with Gasteiger partial charge in [-0.15, -0.1) is 0 Å². The fourth-order valence-electron chi connectivity index (χ4n) is 2.60. The number of nitrogens with zero attached hydrogens (tertiary/aromatic N) is 2. The largest absolute Gasteiger partial charge is 0.393 e. The van der Waals surface area contributed by atoms with E-state index in [4.69, 9.17) is 22.1 Å². The molecule has 1 heterocycles. The summed E-state index contributed by atoms with van der Waals surface area (Å²) in [7, 11) is 0. The first kappa shape index (κ1) is 20.5. The van der Waals surface area contributed by atoms with E-state index in [1.807, 2.05) is 6.92 Å². The van der Waals surface area contributed by atoms with Gasteiger partial charge in [-0.2, -0.15) is 0 Å². The Morgan fingerprint density at radius 2 is 2.08 bits per heavy atom. The van der Waals surface area contributed by atoms with Crippen molar-refractivity contribution in [1.29, 1.82) is 0 Å². The molecule has 1 aromatic rings. The van der Waals surface area contributed by atoms with Crippen molar-refractivity contribution in [3.05, 3.63) is 5.15 Å². The number of nitrogens with two attached hydrogens (primary N) is 1. The summed E-state index contributed by atoms with van der Waals surface area (Å²) in [5.74, 6) is -0.318. The highest BCUT2D eigenvalue weighted by molar-refractivity contribution is 7.99. The second-order valence-electron chi connectivity index (χ2n) is 6.47. The highest BCUT2D eigenvalue weighted by atomic mass is 35.5. The third-order valence-electron chi connectivity index (χ3n) is 3.69. The zero-order valence-corrected chi connectivity index (χ0v) is 16.0. The number of hydrogen-bond acceptors (Lipinski definition) is 9. The van der Waals surface area contributed by atoms with E-state index < -0.39 is 30.1 Å². The smallest absolute Gasteiger partial charge is 0.191 e. The maximum Gasteiger partial charge on any atom is 0.191 e. The molecule has 2 unspecified atom stereocenters. The van der Waals surface area contributed by atoms with Crippen molar-refractivity contribution in [3.8, 4) is 0 Å². The van der Waals surface area contributed by atoms with Crippen molar-refractivity contribution in [2.75, 3.05) is 16.8 Å². The van der Waals surface area contributed by atoms with Gasteiger partial charge in [0.15, 0.2) is 21.9 Å². The average Bonchev–Trinajstić information content (AvgIpc) is 2.75. The van der Waals surface area contributed by atoms with E-state index in [-0.39, 0.29) is 23.1 Å². The highest BCUT2D eigenvalue weighted by Crippen LogP contribution is 2.33. The van der Waals surface area contributed by atoms with Crippen molar-refractivity contribution in [2.45, 2.75) is 68.9 Å². The zero-order chi connectivity index (χ0) is 18.8. The van der Waals surface area contributed by atoms with Crippen molar-refractivity contribution in [3.63, 3.8) is 0 Å². The topological polar surface area (TPSA) is 134 Å². The minimum Gasteiger partial charge on any atom is -0.393 e. The van der Waals surface area contributed by atoms with Gasteiger partial charge in [-0.05, 0) is 20.3 Å². The molecule has 4 atom stereocenters. The van der Waals surface area contributed by atoms with E-state index in [0.717, 1.165) is 12.2 Å². The van der Waals surface area contributed by atoms with E-state index >= 15 is 0 Å². The van der Waals surface area contributed by atoms with Crippen LogP contribution in [0.1, 0.15) is 33.6 Å². The number of halogens is 1. The minimum atomic E-state index is -1.41. The van der Waals surface area contributed by atoms with Gasteiger partial charge in [-0.1, -0.05) is 30.3 Å². The molecule has 2 rings (SSSR count). The Kier molecular flexibility index (Phi) is 6.74. The van der Waals surface area contributed by atoms with Gasteiger partial charge in [0, 0.05) is 12.2 Å². The number of nitrogens with one attached hydrogen (secondary N) is 1. The van der Waals surface area contributed by atoms with Crippen molar-refractivity contribution in [1.82, 2.24) is 9.97 Å². The Morgan fingerprint density at radius 1 is 1.40 bits per heavy atom. The summed E-state index contributed by atoms with van der Waals surface area (Å²) >= 11 is 7.52. The fraction of sp³-hybridized carbons (Fsp3) is 0.733. The molecule has 1 fully saturated rings. The van der Waals surface area contributed by atoms with Crippen molar-refractivity contribution < 1.29 is 20.1 Å². The summed E-state index contributed by atoms with van der Waals surface area (Å²) in [6, 6.07) is -0.710. The molecule has 25 heavy (non-hydrogen) atoms. The molecule has 142 valence electrons. The first-order valence-electron chi connectivity index (χ1n) is 8.11. The Labute approximate surface area is 156 Å². The molecule has 1 aromatic heterocycles. The summed E-state index contributed by atoms with van der Waals surface area (Å²) in [5, 5.41) is 33.7. The molecular formula is C15H25ClN4O4S. The molecule has 0 bridgehead atoms. The van der Waals surface area contributed by atoms with E-state index in [2.05, 4.69) is 15.3 Å². The van der Waals surface area contributed by atoms with Crippen LogP contribution >= 0.6 is 23.4 Å². The van der Waals surface area contributed by atoms with Gasteiger partial charge in [-0.25, -0.2) is 9.97 Å². The first-order valence-corrected chi connectivity index (χ1v) is 9.47. The third kappa shape index (κ3) is 5.32. The van der Waals surface area contributed by atoms with Crippen LogP contribution in [0.25, 0.3) is 0 Å². The van der Waals surface area contributed by atoms with Crippen LogP contribution in [-0.4, -0.2) is 61.2 Å². The van der Waals surface area contributed by atoms with E-state index in [9.17, 15) is 15.3 Å². The molecule has 0 spiro atoms. The molecule has 0 saturated heterocycles. The number of nitrogen functional groups attached to an aromatic ring is 1. The van der Waals surface area contributed by atoms with Crippen LogP contribution in [0.15, 0.2) is 5.16 Å². The minimum absolute atomic E-state index is 0.115. The Morgan fingerprint density at radius 3 is 2.68 bits per heavy atom. The average molecular weight is 393 g/mol. The second-order valence-corrected chi connectivity index (χ2v) is 7.89. The maximum absolute atomic E-state index is 10.3. The van der Waals surface area contributed by atoms with E-state index in [1.165, 1.54) is 25.6 Å². The number of aliphatic hydroxyl groups excluding tert-OH is 2. The van der Waals surface area contributed by atoms with Gasteiger partial charge < -0.3 is 31.1 Å². The molecule has 1 aliphatic carbocycles. The van der Waals surface area contributed by atoms with Crippen LogP contribution < -0.4 is 11.1 Å². The zero-order valence-electron chi connectivity index (χ0n) is 14.4. The molecule has 8 nitrogen and oxygen atoms in total. The maximum atomic E-state index is 10.3. The SMILES string of the molecule is CCCSc1nc(Cl)c(N)c(NC2[C@@H](O)C(O)C[C@H]2OC(C)(C)O)n1. The summed E-state index contributed by atoms with van der Waals surface area (Å²) in [5.41, 5.74) is 6.10. The van der Waals surface area contributed by atoms with Gasteiger partial charge >= 0.3 is 0 Å². The number of hydrogen-bond donors (Lipinski definition) is 5. The summed E-state index contributed by atoms with van der Waals surface area (Å²) in [4.78, 5) is 8.47. The predicted octanol–water partition coefficient (Wildman–Crippen LogP) is 1.23. The van der Waals surface area contributed by atoms with Gasteiger partial charge in [0.1, 0.15) is 11.8 Å². The van der Waals surface area contributed by atoms with Gasteiger partial charge in [-0.3, -0.25) is 0 Å². The highest BCUT2D eigenvalue weighted by Gasteiger charge is 2.44. The predicted molar refractivity (Wildman–Crippen MR) is 97.7 cm³/mol. The number of thioether (sulfide) groups is 1. The van der Waals surface area contributed by atoms with Gasteiger partial charge in [0.05, 0.1) is 18.2 Å². The number of ether oxygens (including phenoxy) is 1. The van der Waals surface area contributed by atoms with Crippen LogP contribution in [0.2, 0.25) is 5.15 Å². The lowest BCUT2D eigenvalue weighted by Gasteiger charge is -2.29. The van der Waals surface area contributed by atoms with Crippen LogP contribution in [-0.2, 0) is 4.74 Å². The quantitative estimate of drug-likeness (QED) is 0.201. The summed E-state index contributed by atoms with van der Waals surface area (Å²) in [6.45, 7) is 5.01. The first-order chi connectivity index (χ1) is 11.6. The number of anilines is 2. The molecular weight excluding hydrogens is 368 g/mol. The van der Waals surface area contributed by atoms with Crippen LogP contribution in [0.5, 0.6) is 0 Å². The molecule has 6 N–H and O–H groups in total. The molecule has 1 aliphatic rings. The lowest BCUT2D eigenvalue weighted by atomic mass is 10.1. The Bertz CT molecular complexity index is 602. The second kappa shape index (κ2) is 8.24. The molecule has 0 amide bonds. The number of rotatable bonds is 7. The lowest BCUT2D eigenvalue weighted by Crippen LogP contribution is -2.43. The van der Waals surface area contributed by atoms with Crippen LogP contribution in [0, 0.1) is 0 Å². The summed E-state index contributed by atoms with van der Waals surface area (Å²) < 4.78 is 5.54. The number of aromatic nitrogens is 2. The lowest BCUT2D eigenvalue weighted by molar-refractivity contribution is -0.207. The van der Waals surface area contributed by atoms with E-state index in [1.54, 1.807) is 0 Å². The monoisotopic (exact) mass is 392 g/mol. The fourth-order valence-corrected chi connectivity index (χ4v) is 3.52. The van der Waals surface area contributed by atoms with Gasteiger partial charge in [0.2, 0.25) is 0 Å². The molecule has 0 aromatic carbocycles. The summed E-state index contributed by atoms with van der Waals surface area (Å²) in [6.07, 6.45) is -1.61. The Hall–Kier alpha value is -0.840. The van der Waals surface area contributed by atoms with Crippen LogP contribution in [0.4, 0.5) is 11.5 Å². The van der Waals surface area contributed by atoms with Gasteiger partial charge in [0.25, 0.3) is 0 Å². The third-order valence-corrected chi connectivity index (χ3v) is 5.03. The van der Waals surface area contributed by atoms with Crippen molar-refractivity contribution in [2.24, 2.45) is 0 Å². The molecule has 10 heteroatoms.